The van der Waals surface area contributed by atoms with Crippen LogP contribution in [-0.4, -0.2) is 10.2 Å². The van der Waals surface area contributed by atoms with Crippen molar-refractivity contribution in [3.8, 4) is 0 Å². The van der Waals surface area contributed by atoms with E-state index in [1.807, 2.05) is 6.20 Å². The zero-order valence-electron chi connectivity index (χ0n) is 10.3. The van der Waals surface area contributed by atoms with Gasteiger partial charge in [0.05, 0.1) is 11.7 Å². The SMILES string of the molecule is CCc1cccc(Nc2ccc3cn[nH]c3c2)c1. The summed E-state index contributed by atoms with van der Waals surface area (Å²) in [5.74, 6) is 0. The summed E-state index contributed by atoms with van der Waals surface area (Å²) in [7, 11) is 0. The number of aryl methyl sites for hydroxylation is 1. The van der Waals surface area contributed by atoms with Crippen LogP contribution in [0, 0.1) is 0 Å². The van der Waals surface area contributed by atoms with Gasteiger partial charge in [0, 0.05) is 16.8 Å². The predicted molar refractivity (Wildman–Crippen MR) is 75.2 cm³/mol. The van der Waals surface area contributed by atoms with Crippen LogP contribution in [0.15, 0.2) is 48.7 Å². The van der Waals surface area contributed by atoms with Crippen LogP contribution in [0.5, 0.6) is 0 Å². The van der Waals surface area contributed by atoms with E-state index in [9.17, 15) is 0 Å². The highest BCUT2D eigenvalue weighted by Crippen LogP contribution is 2.21. The third kappa shape index (κ3) is 2.07. The molecule has 0 spiro atoms. The Morgan fingerprint density at radius 2 is 2.00 bits per heavy atom. The first kappa shape index (κ1) is 10.8. The molecule has 0 aliphatic rings. The number of rotatable bonds is 3. The van der Waals surface area contributed by atoms with E-state index < -0.39 is 0 Å². The molecule has 0 aliphatic heterocycles. The highest BCUT2D eigenvalue weighted by Gasteiger charge is 1.99. The van der Waals surface area contributed by atoms with Crippen molar-refractivity contribution in [1.29, 1.82) is 0 Å². The Kier molecular flexibility index (Phi) is 2.73. The van der Waals surface area contributed by atoms with Crippen LogP contribution in [-0.2, 0) is 6.42 Å². The van der Waals surface area contributed by atoms with E-state index >= 15 is 0 Å². The van der Waals surface area contributed by atoms with E-state index in [0.717, 1.165) is 28.7 Å². The molecule has 3 nitrogen and oxygen atoms in total. The van der Waals surface area contributed by atoms with Crippen LogP contribution >= 0.6 is 0 Å². The lowest BCUT2D eigenvalue weighted by Gasteiger charge is -2.07. The van der Waals surface area contributed by atoms with Gasteiger partial charge in [-0.15, -0.1) is 0 Å². The number of hydrogen-bond acceptors (Lipinski definition) is 2. The number of fused-ring (bicyclic) bond motifs is 1. The molecule has 90 valence electrons. The summed E-state index contributed by atoms with van der Waals surface area (Å²) in [6.45, 7) is 2.16. The summed E-state index contributed by atoms with van der Waals surface area (Å²) >= 11 is 0. The molecule has 0 saturated carbocycles. The first-order valence-electron chi connectivity index (χ1n) is 6.14. The van der Waals surface area contributed by atoms with E-state index in [2.05, 4.69) is 64.9 Å². The van der Waals surface area contributed by atoms with Crippen LogP contribution in [0.1, 0.15) is 12.5 Å². The first-order valence-corrected chi connectivity index (χ1v) is 6.14. The standard InChI is InChI=1S/C15H15N3/c1-2-11-4-3-5-13(8-11)17-14-7-6-12-10-16-18-15(12)9-14/h3-10,17H,2H2,1H3,(H,16,18). The van der Waals surface area contributed by atoms with E-state index in [0.29, 0.717) is 0 Å². The molecule has 3 heteroatoms. The normalized spacial score (nSPS) is 10.7. The predicted octanol–water partition coefficient (Wildman–Crippen LogP) is 3.87. The van der Waals surface area contributed by atoms with Crippen LogP contribution < -0.4 is 5.32 Å². The zero-order chi connectivity index (χ0) is 12.4. The van der Waals surface area contributed by atoms with Crippen molar-refractivity contribution in [3.63, 3.8) is 0 Å². The number of nitrogens with zero attached hydrogens (tertiary/aromatic N) is 1. The second-order valence-electron chi connectivity index (χ2n) is 4.35. The highest BCUT2D eigenvalue weighted by molar-refractivity contribution is 5.82. The van der Waals surface area contributed by atoms with Crippen molar-refractivity contribution in [1.82, 2.24) is 10.2 Å². The van der Waals surface area contributed by atoms with Crippen LogP contribution in [0.3, 0.4) is 0 Å². The van der Waals surface area contributed by atoms with Gasteiger partial charge >= 0.3 is 0 Å². The molecular formula is C15H15N3. The van der Waals surface area contributed by atoms with Gasteiger partial charge in [0.2, 0.25) is 0 Å². The maximum atomic E-state index is 4.02. The number of hydrogen-bond donors (Lipinski definition) is 2. The topological polar surface area (TPSA) is 40.7 Å². The Bertz CT molecular complexity index is 670. The molecule has 1 aromatic heterocycles. The molecule has 18 heavy (non-hydrogen) atoms. The van der Waals surface area contributed by atoms with Gasteiger partial charge in [-0.1, -0.05) is 19.1 Å². The summed E-state index contributed by atoms with van der Waals surface area (Å²) in [5.41, 5.74) is 4.57. The minimum Gasteiger partial charge on any atom is -0.355 e. The van der Waals surface area contributed by atoms with Gasteiger partial charge < -0.3 is 5.32 Å². The minimum atomic E-state index is 1.05. The fraction of sp³-hybridized carbons (Fsp3) is 0.133. The van der Waals surface area contributed by atoms with E-state index in [1.54, 1.807) is 0 Å². The third-order valence-electron chi connectivity index (χ3n) is 3.07. The lowest BCUT2D eigenvalue weighted by atomic mass is 10.1. The smallest absolute Gasteiger partial charge is 0.0670 e. The third-order valence-corrected chi connectivity index (χ3v) is 3.07. The number of aromatic nitrogens is 2. The van der Waals surface area contributed by atoms with Gasteiger partial charge in [-0.2, -0.15) is 5.10 Å². The molecule has 3 aromatic rings. The summed E-state index contributed by atoms with van der Waals surface area (Å²) in [6, 6.07) is 14.7. The van der Waals surface area contributed by atoms with E-state index in [4.69, 9.17) is 0 Å². The monoisotopic (exact) mass is 237 g/mol. The molecule has 0 atom stereocenters. The number of nitrogens with one attached hydrogen (secondary N) is 2. The Balaban J connectivity index is 1.90. The minimum absolute atomic E-state index is 1.05. The number of aromatic amines is 1. The van der Waals surface area contributed by atoms with Crippen molar-refractivity contribution in [2.75, 3.05) is 5.32 Å². The average Bonchev–Trinajstić information content (AvgIpc) is 2.86. The molecule has 2 aromatic carbocycles. The van der Waals surface area contributed by atoms with Crippen LogP contribution in [0.2, 0.25) is 0 Å². The van der Waals surface area contributed by atoms with Gasteiger partial charge in [-0.3, -0.25) is 5.10 Å². The maximum Gasteiger partial charge on any atom is 0.0670 e. The molecule has 0 amide bonds. The molecule has 0 fully saturated rings. The lowest BCUT2D eigenvalue weighted by molar-refractivity contribution is 1.12. The summed E-state index contributed by atoms with van der Waals surface area (Å²) in [5, 5.41) is 11.5. The van der Waals surface area contributed by atoms with Crippen molar-refractivity contribution in [2.24, 2.45) is 0 Å². The molecule has 1 heterocycles. The molecule has 2 N–H and O–H groups in total. The summed E-state index contributed by atoms with van der Waals surface area (Å²) in [4.78, 5) is 0. The summed E-state index contributed by atoms with van der Waals surface area (Å²) < 4.78 is 0. The quantitative estimate of drug-likeness (QED) is 0.726. The van der Waals surface area contributed by atoms with Crippen molar-refractivity contribution < 1.29 is 0 Å². The Morgan fingerprint density at radius 3 is 2.89 bits per heavy atom. The van der Waals surface area contributed by atoms with Crippen molar-refractivity contribution >= 4 is 22.3 Å². The second-order valence-corrected chi connectivity index (χ2v) is 4.35. The molecular weight excluding hydrogens is 222 g/mol. The highest BCUT2D eigenvalue weighted by atomic mass is 15.1. The van der Waals surface area contributed by atoms with E-state index in [1.165, 1.54) is 5.56 Å². The van der Waals surface area contributed by atoms with Gasteiger partial charge in [0.25, 0.3) is 0 Å². The van der Waals surface area contributed by atoms with Gasteiger partial charge in [0.15, 0.2) is 0 Å². The lowest BCUT2D eigenvalue weighted by Crippen LogP contribution is -1.91. The molecule has 0 radical (unpaired) electrons. The molecule has 0 aliphatic carbocycles. The Hall–Kier alpha value is -2.29. The van der Waals surface area contributed by atoms with Crippen molar-refractivity contribution in [3.05, 3.63) is 54.2 Å². The second kappa shape index (κ2) is 4.53. The molecule has 0 unspecified atom stereocenters. The first-order chi connectivity index (χ1) is 8.85. The fourth-order valence-electron chi connectivity index (χ4n) is 2.05. The van der Waals surface area contributed by atoms with E-state index in [-0.39, 0.29) is 0 Å². The molecule has 0 bridgehead atoms. The number of benzene rings is 2. The van der Waals surface area contributed by atoms with Gasteiger partial charge in [-0.25, -0.2) is 0 Å². The maximum absolute atomic E-state index is 4.02. The Morgan fingerprint density at radius 1 is 1.11 bits per heavy atom. The number of H-pyrrole nitrogens is 1. The largest absolute Gasteiger partial charge is 0.355 e. The fourth-order valence-corrected chi connectivity index (χ4v) is 2.05. The van der Waals surface area contributed by atoms with Gasteiger partial charge in [0.1, 0.15) is 0 Å². The van der Waals surface area contributed by atoms with Crippen LogP contribution in [0.25, 0.3) is 10.9 Å². The van der Waals surface area contributed by atoms with Crippen LogP contribution in [0.4, 0.5) is 11.4 Å². The molecule has 0 saturated heterocycles. The zero-order valence-corrected chi connectivity index (χ0v) is 10.3. The average molecular weight is 237 g/mol. The van der Waals surface area contributed by atoms with Crippen molar-refractivity contribution in [2.45, 2.75) is 13.3 Å². The van der Waals surface area contributed by atoms with Gasteiger partial charge in [-0.05, 0) is 42.3 Å². The number of anilines is 2. The Labute approximate surface area is 106 Å². The molecule has 3 rings (SSSR count). The summed E-state index contributed by atoms with van der Waals surface area (Å²) in [6.07, 6.45) is 2.88.